The van der Waals surface area contributed by atoms with Gasteiger partial charge in [0, 0.05) is 17.9 Å². The number of thioether (sulfide) groups is 1. The standard InChI is InChI=1S/C17H18FNO2S/c18-14-6-8-16(9-7-14)22-12-17(21)19-11-15(20)10-13-4-2-1-3-5-13/h1-9,15,20H,10-12H2,(H,19,21). The van der Waals surface area contributed by atoms with Gasteiger partial charge in [-0.15, -0.1) is 11.8 Å². The molecule has 0 bridgehead atoms. The first-order valence-corrected chi connectivity index (χ1v) is 7.99. The predicted molar refractivity (Wildman–Crippen MR) is 86.3 cm³/mol. The largest absolute Gasteiger partial charge is 0.391 e. The molecule has 116 valence electrons. The van der Waals surface area contributed by atoms with Gasteiger partial charge in [-0.1, -0.05) is 30.3 Å². The maximum Gasteiger partial charge on any atom is 0.230 e. The van der Waals surface area contributed by atoms with Crippen LogP contribution in [0.1, 0.15) is 5.56 Å². The molecule has 0 aliphatic rings. The minimum atomic E-state index is -0.609. The molecule has 2 aromatic rings. The maximum atomic E-state index is 12.8. The molecule has 3 nitrogen and oxygen atoms in total. The zero-order valence-electron chi connectivity index (χ0n) is 12.0. The first kappa shape index (κ1) is 16.5. The topological polar surface area (TPSA) is 49.3 Å². The molecule has 0 spiro atoms. The number of nitrogens with one attached hydrogen (secondary N) is 1. The lowest BCUT2D eigenvalue weighted by Crippen LogP contribution is -2.34. The van der Waals surface area contributed by atoms with E-state index in [-0.39, 0.29) is 24.0 Å². The fraction of sp³-hybridized carbons (Fsp3) is 0.235. The lowest BCUT2D eigenvalue weighted by Gasteiger charge is -2.12. The summed E-state index contributed by atoms with van der Waals surface area (Å²) in [5.74, 6) is -0.205. The number of aliphatic hydroxyl groups is 1. The molecule has 0 radical (unpaired) electrons. The summed E-state index contributed by atoms with van der Waals surface area (Å²) >= 11 is 1.33. The third-order valence-corrected chi connectivity index (χ3v) is 4.04. The van der Waals surface area contributed by atoms with E-state index in [2.05, 4.69) is 5.32 Å². The molecule has 0 aliphatic heterocycles. The van der Waals surface area contributed by atoms with Crippen LogP contribution in [0.4, 0.5) is 4.39 Å². The van der Waals surface area contributed by atoms with Crippen LogP contribution in [-0.4, -0.2) is 29.4 Å². The van der Waals surface area contributed by atoms with Crippen LogP contribution in [0, 0.1) is 5.82 Å². The van der Waals surface area contributed by atoms with Crippen LogP contribution in [-0.2, 0) is 11.2 Å². The van der Waals surface area contributed by atoms with Gasteiger partial charge in [0.2, 0.25) is 5.91 Å². The summed E-state index contributed by atoms with van der Waals surface area (Å²) in [6, 6.07) is 15.6. The van der Waals surface area contributed by atoms with Crippen molar-refractivity contribution in [2.75, 3.05) is 12.3 Å². The van der Waals surface area contributed by atoms with Crippen molar-refractivity contribution in [2.45, 2.75) is 17.4 Å². The van der Waals surface area contributed by atoms with Crippen molar-refractivity contribution < 1.29 is 14.3 Å². The Hall–Kier alpha value is -1.85. The third kappa shape index (κ3) is 5.87. The highest BCUT2D eigenvalue weighted by Crippen LogP contribution is 2.17. The van der Waals surface area contributed by atoms with Crippen LogP contribution < -0.4 is 5.32 Å². The Bertz CT molecular complexity index is 589. The van der Waals surface area contributed by atoms with Crippen LogP contribution in [0.25, 0.3) is 0 Å². The second-order valence-corrected chi connectivity index (χ2v) is 5.94. The summed E-state index contributed by atoms with van der Waals surface area (Å²) in [6.07, 6.45) is -0.103. The lowest BCUT2D eigenvalue weighted by atomic mass is 10.1. The van der Waals surface area contributed by atoms with E-state index in [0.29, 0.717) is 6.42 Å². The number of hydrogen-bond acceptors (Lipinski definition) is 3. The number of carbonyl (C=O) groups excluding carboxylic acids is 1. The number of aliphatic hydroxyl groups excluding tert-OH is 1. The van der Waals surface area contributed by atoms with Gasteiger partial charge in [0.25, 0.3) is 0 Å². The number of benzene rings is 2. The molecule has 2 aromatic carbocycles. The molecule has 0 aromatic heterocycles. The summed E-state index contributed by atoms with van der Waals surface area (Å²) < 4.78 is 12.8. The van der Waals surface area contributed by atoms with Crippen LogP contribution in [0.3, 0.4) is 0 Å². The van der Waals surface area contributed by atoms with Gasteiger partial charge in [-0.05, 0) is 29.8 Å². The number of halogens is 1. The molecule has 22 heavy (non-hydrogen) atoms. The molecule has 0 saturated heterocycles. The number of carbonyl (C=O) groups is 1. The summed E-state index contributed by atoms with van der Waals surface area (Å²) in [7, 11) is 0. The van der Waals surface area contributed by atoms with Gasteiger partial charge in [-0.3, -0.25) is 4.79 Å². The second-order valence-electron chi connectivity index (χ2n) is 4.89. The molecule has 0 saturated carbocycles. The maximum absolute atomic E-state index is 12.8. The molecule has 2 N–H and O–H groups in total. The van der Waals surface area contributed by atoms with E-state index in [1.54, 1.807) is 12.1 Å². The predicted octanol–water partition coefficient (Wildman–Crippen LogP) is 2.64. The van der Waals surface area contributed by atoms with Gasteiger partial charge < -0.3 is 10.4 Å². The Morgan fingerprint density at radius 1 is 1.14 bits per heavy atom. The van der Waals surface area contributed by atoms with E-state index in [1.807, 2.05) is 30.3 Å². The fourth-order valence-corrected chi connectivity index (χ4v) is 2.65. The quantitative estimate of drug-likeness (QED) is 0.771. The van der Waals surface area contributed by atoms with Crippen molar-refractivity contribution in [3.8, 4) is 0 Å². The van der Waals surface area contributed by atoms with Crippen LogP contribution >= 0.6 is 11.8 Å². The number of hydrogen-bond donors (Lipinski definition) is 2. The van der Waals surface area contributed by atoms with Crippen LogP contribution in [0.15, 0.2) is 59.5 Å². The van der Waals surface area contributed by atoms with Gasteiger partial charge in [-0.25, -0.2) is 4.39 Å². The average Bonchev–Trinajstić information content (AvgIpc) is 2.53. The fourth-order valence-electron chi connectivity index (χ4n) is 1.92. The van der Waals surface area contributed by atoms with E-state index in [9.17, 15) is 14.3 Å². The highest BCUT2D eigenvalue weighted by molar-refractivity contribution is 8.00. The Kier molecular flexibility index (Phi) is 6.43. The first-order valence-electron chi connectivity index (χ1n) is 7.00. The van der Waals surface area contributed by atoms with E-state index in [1.165, 1.54) is 23.9 Å². The minimum Gasteiger partial charge on any atom is -0.391 e. The molecule has 0 fully saturated rings. The smallest absolute Gasteiger partial charge is 0.230 e. The Morgan fingerprint density at radius 3 is 2.50 bits per heavy atom. The molecule has 1 atom stereocenters. The van der Waals surface area contributed by atoms with Crippen molar-refractivity contribution in [3.63, 3.8) is 0 Å². The average molecular weight is 319 g/mol. The van der Waals surface area contributed by atoms with Crippen molar-refractivity contribution in [1.82, 2.24) is 5.32 Å². The Morgan fingerprint density at radius 2 is 1.82 bits per heavy atom. The summed E-state index contributed by atoms with van der Waals surface area (Å²) in [5.41, 5.74) is 1.03. The third-order valence-electron chi connectivity index (χ3n) is 3.03. The summed E-state index contributed by atoms with van der Waals surface area (Å²) in [4.78, 5) is 12.6. The Labute approximate surface area is 133 Å². The molecule has 0 heterocycles. The minimum absolute atomic E-state index is 0.151. The van der Waals surface area contributed by atoms with E-state index in [0.717, 1.165) is 10.5 Å². The normalized spacial score (nSPS) is 11.9. The first-order chi connectivity index (χ1) is 10.6. The van der Waals surface area contributed by atoms with Crippen LogP contribution in [0.2, 0.25) is 0 Å². The second kappa shape index (κ2) is 8.56. The summed E-state index contributed by atoms with van der Waals surface area (Å²) in [6.45, 7) is 0.220. The molecular formula is C17H18FNO2S. The summed E-state index contributed by atoms with van der Waals surface area (Å²) in [5, 5.41) is 12.6. The van der Waals surface area contributed by atoms with Gasteiger partial charge in [0.05, 0.1) is 11.9 Å². The van der Waals surface area contributed by atoms with E-state index >= 15 is 0 Å². The van der Waals surface area contributed by atoms with E-state index < -0.39 is 6.10 Å². The van der Waals surface area contributed by atoms with Gasteiger partial charge in [0.1, 0.15) is 5.82 Å². The zero-order chi connectivity index (χ0) is 15.8. The van der Waals surface area contributed by atoms with E-state index in [4.69, 9.17) is 0 Å². The van der Waals surface area contributed by atoms with Gasteiger partial charge in [0.15, 0.2) is 0 Å². The number of rotatable bonds is 7. The van der Waals surface area contributed by atoms with Gasteiger partial charge in [-0.2, -0.15) is 0 Å². The van der Waals surface area contributed by atoms with Crippen molar-refractivity contribution in [2.24, 2.45) is 0 Å². The van der Waals surface area contributed by atoms with Crippen molar-refractivity contribution in [1.29, 1.82) is 0 Å². The van der Waals surface area contributed by atoms with Crippen LogP contribution in [0.5, 0.6) is 0 Å². The molecule has 0 aliphatic carbocycles. The van der Waals surface area contributed by atoms with Crippen molar-refractivity contribution in [3.05, 3.63) is 66.0 Å². The van der Waals surface area contributed by atoms with Crippen molar-refractivity contribution >= 4 is 17.7 Å². The zero-order valence-corrected chi connectivity index (χ0v) is 12.9. The SMILES string of the molecule is O=C(CSc1ccc(F)cc1)NCC(O)Cc1ccccc1. The monoisotopic (exact) mass is 319 g/mol. The molecule has 1 amide bonds. The Balaban J connectivity index is 1.67. The number of amides is 1. The molecule has 5 heteroatoms. The molecular weight excluding hydrogens is 301 g/mol. The van der Waals surface area contributed by atoms with Gasteiger partial charge >= 0.3 is 0 Å². The lowest BCUT2D eigenvalue weighted by molar-refractivity contribution is -0.119. The highest BCUT2D eigenvalue weighted by Gasteiger charge is 2.08. The molecule has 2 rings (SSSR count). The molecule has 1 unspecified atom stereocenters. The highest BCUT2D eigenvalue weighted by atomic mass is 32.2.